The molecule has 1 aliphatic rings. The van der Waals surface area contributed by atoms with E-state index in [1.807, 2.05) is 13.8 Å². The van der Waals surface area contributed by atoms with E-state index in [2.05, 4.69) is 10.6 Å². The van der Waals surface area contributed by atoms with Gasteiger partial charge in [-0.3, -0.25) is 4.79 Å². The number of nitrogens with one attached hydrogen (secondary N) is 2. The first-order valence-corrected chi connectivity index (χ1v) is 9.96. The Morgan fingerprint density at radius 1 is 1.25 bits per heavy atom. The average Bonchev–Trinajstić information content (AvgIpc) is 2.56. The van der Waals surface area contributed by atoms with E-state index in [1.165, 1.54) is 10.4 Å². The van der Waals surface area contributed by atoms with Crippen LogP contribution < -0.4 is 10.6 Å². The molecular weight excluding hydrogens is 326 g/mol. The van der Waals surface area contributed by atoms with Crippen molar-refractivity contribution >= 4 is 15.9 Å². The van der Waals surface area contributed by atoms with Gasteiger partial charge in [0.05, 0.1) is 4.90 Å². The lowest BCUT2D eigenvalue weighted by atomic mass is 10.1. The Balaban J connectivity index is 2.26. The molecule has 6 nitrogen and oxygen atoms in total. The zero-order valence-corrected chi connectivity index (χ0v) is 15.4. The van der Waals surface area contributed by atoms with Crippen LogP contribution in [0.2, 0.25) is 0 Å². The zero-order valence-electron chi connectivity index (χ0n) is 14.6. The zero-order chi connectivity index (χ0) is 17.7. The Bertz CT molecular complexity index is 678. The lowest BCUT2D eigenvalue weighted by Crippen LogP contribution is -2.42. The van der Waals surface area contributed by atoms with Crippen molar-refractivity contribution in [3.8, 4) is 0 Å². The van der Waals surface area contributed by atoms with Crippen LogP contribution in [0.25, 0.3) is 0 Å². The van der Waals surface area contributed by atoms with Gasteiger partial charge in [0, 0.05) is 24.7 Å². The topological polar surface area (TPSA) is 78.5 Å². The molecule has 1 amide bonds. The molecule has 1 saturated heterocycles. The van der Waals surface area contributed by atoms with Crippen molar-refractivity contribution in [1.82, 2.24) is 14.9 Å². The Hall–Kier alpha value is -1.44. The Morgan fingerprint density at radius 3 is 2.46 bits per heavy atom. The van der Waals surface area contributed by atoms with Gasteiger partial charge in [-0.25, -0.2) is 8.42 Å². The molecule has 0 saturated carbocycles. The van der Waals surface area contributed by atoms with Crippen LogP contribution in [0.4, 0.5) is 0 Å². The van der Waals surface area contributed by atoms with Gasteiger partial charge in [-0.1, -0.05) is 19.9 Å². The normalized spacial score (nSPS) is 16.3. The van der Waals surface area contributed by atoms with Crippen LogP contribution in [0.1, 0.15) is 42.6 Å². The summed E-state index contributed by atoms with van der Waals surface area (Å²) in [5.41, 5.74) is 1.05. The van der Waals surface area contributed by atoms with E-state index in [1.54, 1.807) is 19.1 Å². The van der Waals surface area contributed by atoms with E-state index >= 15 is 0 Å². The third kappa shape index (κ3) is 4.15. The van der Waals surface area contributed by atoms with Gasteiger partial charge in [-0.05, 0) is 50.6 Å². The highest BCUT2D eigenvalue weighted by Gasteiger charge is 2.25. The minimum Gasteiger partial charge on any atom is -0.349 e. The minimum absolute atomic E-state index is 0.142. The van der Waals surface area contributed by atoms with Crippen LogP contribution in [-0.4, -0.2) is 50.9 Å². The molecular formula is C17H27N3O3S. The molecule has 1 aromatic rings. The van der Waals surface area contributed by atoms with Gasteiger partial charge in [0.25, 0.3) is 5.91 Å². The van der Waals surface area contributed by atoms with E-state index in [0.717, 1.165) is 25.9 Å². The molecule has 1 aliphatic heterocycles. The molecule has 0 aromatic heterocycles. The highest BCUT2D eigenvalue weighted by atomic mass is 32.2. The predicted octanol–water partition coefficient (Wildman–Crippen LogP) is 1.51. The number of sulfonamides is 1. The lowest BCUT2D eigenvalue weighted by Gasteiger charge is -2.24. The molecule has 0 bridgehead atoms. The SMILES string of the molecule is CCN(CC)S(=O)(=O)c1cc(C(=O)NC2CCNCC2)ccc1C. The summed E-state index contributed by atoms with van der Waals surface area (Å²) >= 11 is 0. The van der Waals surface area contributed by atoms with Crippen molar-refractivity contribution in [1.29, 1.82) is 0 Å². The molecule has 0 spiro atoms. The average molecular weight is 353 g/mol. The number of nitrogens with zero attached hydrogens (tertiary/aromatic N) is 1. The fourth-order valence-electron chi connectivity index (χ4n) is 2.96. The first-order chi connectivity index (χ1) is 11.4. The second-order valence-electron chi connectivity index (χ2n) is 6.07. The second kappa shape index (κ2) is 8.09. The number of aryl methyl sites for hydroxylation is 1. The van der Waals surface area contributed by atoms with Gasteiger partial charge < -0.3 is 10.6 Å². The number of benzene rings is 1. The summed E-state index contributed by atoms with van der Waals surface area (Å²) in [6, 6.07) is 5.03. The number of hydrogen-bond donors (Lipinski definition) is 2. The number of rotatable bonds is 6. The van der Waals surface area contributed by atoms with Crippen molar-refractivity contribution in [3.05, 3.63) is 29.3 Å². The van der Waals surface area contributed by atoms with Crippen molar-refractivity contribution in [2.45, 2.75) is 44.6 Å². The molecule has 1 aromatic carbocycles. The summed E-state index contributed by atoms with van der Waals surface area (Å²) in [5.74, 6) is -0.210. The summed E-state index contributed by atoms with van der Waals surface area (Å²) in [5, 5.41) is 6.26. The van der Waals surface area contributed by atoms with Gasteiger partial charge in [0.2, 0.25) is 10.0 Å². The largest absolute Gasteiger partial charge is 0.349 e. The Labute approximate surface area is 144 Å². The molecule has 0 unspecified atom stereocenters. The van der Waals surface area contributed by atoms with E-state index in [4.69, 9.17) is 0 Å². The van der Waals surface area contributed by atoms with Crippen LogP contribution in [0.15, 0.2) is 23.1 Å². The van der Waals surface area contributed by atoms with Crippen LogP contribution in [0.3, 0.4) is 0 Å². The van der Waals surface area contributed by atoms with Crippen molar-refractivity contribution in [2.24, 2.45) is 0 Å². The minimum atomic E-state index is -3.58. The van der Waals surface area contributed by atoms with Gasteiger partial charge >= 0.3 is 0 Å². The fraction of sp³-hybridized carbons (Fsp3) is 0.588. The van der Waals surface area contributed by atoms with E-state index in [-0.39, 0.29) is 16.8 Å². The van der Waals surface area contributed by atoms with Crippen LogP contribution in [0, 0.1) is 6.92 Å². The maximum absolute atomic E-state index is 12.8. The molecule has 24 heavy (non-hydrogen) atoms. The highest BCUT2D eigenvalue weighted by molar-refractivity contribution is 7.89. The quantitative estimate of drug-likeness (QED) is 0.812. The van der Waals surface area contributed by atoms with Gasteiger partial charge in [-0.15, -0.1) is 0 Å². The number of carbonyl (C=O) groups excluding carboxylic acids is 1. The molecule has 134 valence electrons. The maximum Gasteiger partial charge on any atom is 0.251 e. The summed E-state index contributed by atoms with van der Waals surface area (Å²) < 4.78 is 26.9. The smallest absolute Gasteiger partial charge is 0.251 e. The molecule has 2 N–H and O–H groups in total. The molecule has 2 rings (SSSR count). The number of amides is 1. The molecule has 0 atom stereocenters. The van der Waals surface area contributed by atoms with Crippen LogP contribution in [0.5, 0.6) is 0 Å². The Morgan fingerprint density at radius 2 is 1.88 bits per heavy atom. The second-order valence-corrected chi connectivity index (χ2v) is 7.97. The number of piperidine rings is 1. The Kier molecular flexibility index (Phi) is 6.37. The molecule has 0 aliphatic carbocycles. The van der Waals surface area contributed by atoms with Gasteiger partial charge in [0.15, 0.2) is 0 Å². The van der Waals surface area contributed by atoms with Crippen LogP contribution >= 0.6 is 0 Å². The molecule has 7 heteroatoms. The van der Waals surface area contributed by atoms with Crippen molar-refractivity contribution in [3.63, 3.8) is 0 Å². The van der Waals surface area contributed by atoms with Gasteiger partial charge in [0.1, 0.15) is 0 Å². The summed E-state index contributed by atoms with van der Waals surface area (Å²) in [6.45, 7) is 7.97. The van der Waals surface area contributed by atoms with E-state index in [9.17, 15) is 13.2 Å². The summed E-state index contributed by atoms with van der Waals surface area (Å²) in [7, 11) is -3.58. The summed E-state index contributed by atoms with van der Waals surface area (Å²) in [6.07, 6.45) is 1.78. The maximum atomic E-state index is 12.8. The van der Waals surface area contributed by atoms with Gasteiger partial charge in [-0.2, -0.15) is 4.31 Å². The lowest BCUT2D eigenvalue weighted by molar-refractivity contribution is 0.0929. The number of hydrogen-bond acceptors (Lipinski definition) is 4. The standard InChI is InChI=1S/C17H27N3O3S/c1-4-20(5-2)24(22,23)16-12-14(7-6-13(16)3)17(21)19-15-8-10-18-11-9-15/h6-7,12,15,18H,4-5,8-11H2,1-3H3,(H,19,21). The highest BCUT2D eigenvalue weighted by Crippen LogP contribution is 2.21. The molecule has 0 radical (unpaired) electrons. The van der Waals surface area contributed by atoms with Crippen LogP contribution in [-0.2, 0) is 10.0 Å². The fourth-order valence-corrected chi connectivity index (χ4v) is 4.67. The van der Waals surface area contributed by atoms with Crippen molar-refractivity contribution in [2.75, 3.05) is 26.2 Å². The third-order valence-corrected chi connectivity index (χ3v) is 6.64. The first kappa shape index (κ1) is 18.9. The molecule has 1 heterocycles. The molecule has 1 fully saturated rings. The van der Waals surface area contributed by atoms with E-state index < -0.39 is 10.0 Å². The third-order valence-electron chi connectivity index (χ3n) is 4.45. The first-order valence-electron chi connectivity index (χ1n) is 8.52. The number of carbonyl (C=O) groups is 1. The summed E-state index contributed by atoms with van der Waals surface area (Å²) in [4.78, 5) is 12.7. The van der Waals surface area contributed by atoms with Crippen molar-refractivity contribution < 1.29 is 13.2 Å². The predicted molar refractivity (Wildman–Crippen MR) is 94.6 cm³/mol. The van der Waals surface area contributed by atoms with E-state index in [0.29, 0.717) is 24.2 Å². The monoisotopic (exact) mass is 353 g/mol.